The fourth-order valence-corrected chi connectivity index (χ4v) is 47.7. The molecule has 24 fully saturated rings. The minimum atomic E-state index is -0.00321. The number of halogens is 1. The summed E-state index contributed by atoms with van der Waals surface area (Å²) in [6.45, 7) is 55.7. The Labute approximate surface area is 908 Å². The number of alkyl halides is 1. The number of methoxy groups -OCH3 is 2. The van der Waals surface area contributed by atoms with Gasteiger partial charge in [-0.05, 0) is 374 Å². The number of hydrogen-bond donors (Lipinski definition) is 1. The molecule has 0 aromatic carbocycles. The lowest BCUT2D eigenvalue weighted by molar-refractivity contribution is -0.148. The van der Waals surface area contributed by atoms with Crippen LogP contribution in [0.2, 0.25) is 0 Å². The molecule has 8 spiro atoms. The number of carbonyl (C=O) groups excluding carboxylic acids is 4. The van der Waals surface area contributed by atoms with Gasteiger partial charge in [-0.15, -0.1) is 11.6 Å². The lowest BCUT2D eigenvalue weighted by Crippen LogP contribution is -2.55. The van der Waals surface area contributed by atoms with Crippen LogP contribution in [0, 0.1) is 183 Å². The van der Waals surface area contributed by atoms with Gasteiger partial charge in [0.1, 0.15) is 0 Å². The molecule has 836 valence electrons. The Hall–Kier alpha value is -2.67. The van der Waals surface area contributed by atoms with Gasteiger partial charge in [-0.2, -0.15) is 0 Å². The number of likely N-dealkylation sites (tertiary alicyclic amines) is 3. The first-order valence-electron chi connectivity index (χ1n) is 62.9. The number of hydrogen-bond acceptors (Lipinski definition) is 19. The number of fused-ring (bicyclic) bond motifs is 24. The Morgan fingerprint density at radius 3 is 0.880 bits per heavy atom. The van der Waals surface area contributed by atoms with E-state index in [1.807, 2.05) is 0 Å². The summed E-state index contributed by atoms with van der Waals surface area (Å²) in [4.78, 5) is 57.3. The summed E-state index contributed by atoms with van der Waals surface area (Å²) in [6.07, 6.45) is 53.3. The molecule has 28 aliphatic rings. The first-order chi connectivity index (χ1) is 71.8. The van der Waals surface area contributed by atoms with Crippen molar-refractivity contribution in [3.8, 4) is 0 Å². The van der Waals surface area contributed by atoms with E-state index in [1.165, 1.54) is 196 Å². The molecule has 0 bridgehead atoms. The Bertz CT molecular complexity index is 5250. The third kappa shape index (κ3) is 15.6. The van der Waals surface area contributed by atoms with Crippen molar-refractivity contribution in [3.05, 3.63) is 46.6 Å². The minimum absolute atomic E-state index is 0.00321. The van der Waals surface area contributed by atoms with E-state index in [4.69, 9.17) is 63.7 Å². The van der Waals surface area contributed by atoms with E-state index in [0.29, 0.717) is 212 Å². The number of carbonyl (C=O) groups is 4. The Kier molecular flexibility index (Phi) is 27.8. The maximum atomic E-state index is 12.4. The molecule has 20 heteroatoms. The van der Waals surface area contributed by atoms with E-state index in [1.54, 1.807) is 14.2 Å². The molecule has 1 N–H and O–H groups in total. The zero-order chi connectivity index (χ0) is 104. The molecule has 8 heterocycles. The zero-order valence-corrected chi connectivity index (χ0v) is 97.2. The van der Waals surface area contributed by atoms with E-state index >= 15 is 0 Å². The molecule has 150 heavy (non-hydrogen) atoms. The molecule has 8 saturated heterocycles. The maximum Gasteiger partial charge on any atom is 0.155 e. The fraction of sp³-hybridized carbons (Fsp3) is 0.908. The largest absolute Gasteiger partial charge is 0.382 e. The molecule has 8 unspecified atom stereocenters. The van der Waals surface area contributed by atoms with Crippen molar-refractivity contribution in [3.63, 3.8) is 0 Å². The summed E-state index contributed by atoms with van der Waals surface area (Å²) < 4.78 is 68.4. The molecule has 28 rings (SSSR count). The van der Waals surface area contributed by atoms with Crippen LogP contribution in [0.25, 0.3) is 0 Å². The number of allylic oxidation sites excluding steroid dienone is 8. The maximum absolute atomic E-state index is 12.4. The molecular weight excluding hydrogens is 1890 g/mol. The summed E-state index contributed by atoms with van der Waals surface area (Å²) in [7, 11) is 3.39. The fourth-order valence-electron chi connectivity index (χ4n) is 47.5. The standard InChI is InChI=1S/C37H59NO6.C35H55NO5.C30H44ClNO2.C28H41NO2/c1-25-20-32-33(38(23-25)12-13-41-16-17-43-19-18-42-15-14-40-5)26(2)37(44-32)11-9-30-29-7-6-27-21-28(39)8-10-34(27,3)31(29)22-36(30)24-35(36,37)4;1-23-18-30-31(36(21-23)12-13-39-16-17-40-15-14-38-5)24(2)35(41-30)11-9-28-27-7-6-25-19-26(37)8-10-32(25,3)29(27)20-34(28)22-33(34,35)4;1-18-13-25-26(32(16-18)12-11-31)19(2)30(34-25)10-8-23-22-6-5-20-14-21(33)7-9-27(20,3)24(22)15-29(23)17-28(29,30)4;1-16-11-23-24(29-14-16)17(2)28(31-23)10-8-21-20-6-5-18-12-19(30)7-9-25(18,3)22(20)13-27(21)15-26(27,28)4/h21,25-26,29-33H,6-20,22-24H2,1-5H3;19,23-24,27-31H,6-18,20-22H2,1-5H3;14,18-19,22-26H,5-13,15-17H2,1-4H3;12,16-17,20-24,29H,5-11,13-15H2,1-4H3/t25-,26+,29-,30-,31-,32+,33-,34-,35?,36?,37+;23-,24+,27-,28-,29-,30+,31-,32-,33?,34?,35+;18-,19+,22-,23-,24-,25+,26-,27-,28?,29?,30+;16-,17+,20-,21-,22-,23+,24-,25-,26?,27?,28+/m0000/s1. The highest BCUT2D eigenvalue weighted by Gasteiger charge is 2.90. The van der Waals surface area contributed by atoms with Gasteiger partial charge in [0.25, 0.3) is 0 Å². The van der Waals surface area contributed by atoms with E-state index in [-0.39, 0.29) is 54.9 Å². The second-order valence-electron chi connectivity index (χ2n) is 59.8. The normalized spacial score (nSPS) is 53.5. The summed E-state index contributed by atoms with van der Waals surface area (Å²) in [5.74, 6) is 17.2. The molecule has 0 radical (unpaired) electrons. The van der Waals surface area contributed by atoms with Crippen molar-refractivity contribution in [1.82, 2.24) is 20.0 Å². The highest BCUT2D eigenvalue weighted by atomic mass is 35.5. The lowest BCUT2D eigenvalue weighted by atomic mass is 9.56. The topological polar surface area (TPSA) is 192 Å². The van der Waals surface area contributed by atoms with E-state index < -0.39 is 0 Å². The molecule has 0 aromatic rings. The third-order valence-electron chi connectivity index (χ3n) is 54.6. The van der Waals surface area contributed by atoms with E-state index in [0.717, 1.165) is 200 Å². The number of nitrogens with zero attached hydrogens (tertiary/aromatic N) is 3. The average molecular weight is 2090 g/mol. The van der Waals surface area contributed by atoms with Crippen molar-refractivity contribution in [1.29, 1.82) is 0 Å². The molecule has 0 aromatic heterocycles. The summed E-state index contributed by atoms with van der Waals surface area (Å²) in [5.41, 5.74) is 10.3. The molecule has 20 aliphatic carbocycles. The summed E-state index contributed by atoms with van der Waals surface area (Å²) >= 11 is 6.27. The Morgan fingerprint density at radius 1 is 0.320 bits per heavy atom. The van der Waals surface area contributed by atoms with Crippen LogP contribution >= 0.6 is 11.6 Å². The van der Waals surface area contributed by atoms with Gasteiger partial charge in [0.05, 0.1) is 126 Å². The second-order valence-corrected chi connectivity index (χ2v) is 60.2. The first kappa shape index (κ1) is 107. The zero-order valence-electron chi connectivity index (χ0n) is 96.4. The number of nitrogens with one attached hydrogen (secondary N) is 1. The van der Waals surface area contributed by atoms with Gasteiger partial charge < -0.3 is 57.4 Å². The lowest BCUT2D eigenvalue weighted by Gasteiger charge is -2.50. The molecule has 19 nitrogen and oxygen atoms in total. The van der Waals surface area contributed by atoms with Crippen LogP contribution < -0.4 is 5.32 Å². The van der Waals surface area contributed by atoms with Gasteiger partial charge in [-0.25, -0.2) is 0 Å². The van der Waals surface area contributed by atoms with E-state index in [9.17, 15) is 19.2 Å². The predicted molar refractivity (Wildman–Crippen MR) is 585 cm³/mol. The van der Waals surface area contributed by atoms with Gasteiger partial charge in [0.2, 0.25) is 0 Å². The van der Waals surface area contributed by atoms with Crippen LogP contribution in [0.4, 0.5) is 0 Å². The highest BCUT2D eigenvalue weighted by molar-refractivity contribution is 6.18. The van der Waals surface area contributed by atoms with Gasteiger partial charge in [0.15, 0.2) is 23.1 Å². The molecule has 0 amide bonds. The van der Waals surface area contributed by atoms with Gasteiger partial charge in [0, 0.05) is 155 Å². The summed E-state index contributed by atoms with van der Waals surface area (Å²) in [6, 6.07) is 2.09. The molecule has 16 saturated carbocycles. The number of ketones is 4. The molecular formula is C130H199ClN4O15. The third-order valence-corrected chi connectivity index (χ3v) is 54.7. The Balaban J connectivity index is 0.000000104. The molecule has 44 atom stereocenters. The number of ether oxygens (including phenoxy) is 11. The minimum Gasteiger partial charge on any atom is -0.382 e. The summed E-state index contributed by atoms with van der Waals surface area (Å²) in [5, 5.41) is 3.90. The quantitative estimate of drug-likeness (QED) is 0.0749. The number of piperidine rings is 4. The number of rotatable bonds is 23. The predicted octanol–water partition coefficient (Wildman–Crippen LogP) is 22.9. The van der Waals surface area contributed by atoms with Crippen LogP contribution in [0.15, 0.2) is 46.6 Å². The highest BCUT2D eigenvalue weighted by Crippen LogP contribution is 2.93. The monoisotopic (exact) mass is 2090 g/mol. The van der Waals surface area contributed by atoms with Crippen molar-refractivity contribution in [2.75, 3.05) is 145 Å². The van der Waals surface area contributed by atoms with Gasteiger partial charge in [-0.3, -0.25) is 33.9 Å². The van der Waals surface area contributed by atoms with Crippen molar-refractivity contribution >= 4 is 34.7 Å². The van der Waals surface area contributed by atoms with Crippen LogP contribution in [0.3, 0.4) is 0 Å². The average Bonchev–Trinajstić information content (AvgIpc) is 1.48. The second kappa shape index (κ2) is 38.8. The van der Waals surface area contributed by atoms with Crippen LogP contribution in [-0.4, -0.2) is 254 Å². The van der Waals surface area contributed by atoms with Crippen molar-refractivity contribution in [2.45, 2.75) is 413 Å². The van der Waals surface area contributed by atoms with Crippen LogP contribution in [0.5, 0.6) is 0 Å². The van der Waals surface area contributed by atoms with Gasteiger partial charge in [-0.1, -0.05) is 133 Å². The SMILES string of the molecule is COCCOCCOCCN1C[C@@H](C)C[C@H]2O[C@]3(CC[C@H]4[C@@H]5CCC6=CC(=O)CC[C@]6(C)[C@H]5CC45CC53C)[C@H](C)[C@@H]21.COCCOCCOCCOCCN1C[C@@H](C)C[C@H]2O[C@]3(CC[C@H]4[C@@H]5CCC6=CC(=O)CC[C@]6(C)[C@H]5CC45CC53C)[C@H](C)[C@@H]21.C[C@@H]1CN[C@H]2[C@@H](C)[C@@]3(CC[C@H]4[C@@H]5CCC6=CC(=O)CC[C@]6(C)[C@H]5CC45CC53C)O[C@@H]2C1.C[C@H]1C[C@H]2O[C@]3(CC[C@H]4[C@@H]5CCC6=CC(=O)CC[C@]6(C)[C@H]5CC45CC53C)[C@H](C)[C@@H]2N(CCCl)C1. The van der Waals surface area contributed by atoms with Crippen molar-refractivity contribution in [2.24, 2.45) is 183 Å². The van der Waals surface area contributed by atoms with Crippen LogP contribution in [0.1, 0.15) is 342 Å². The Morgan fingerprint density at radius 2 is 0.587 bits per heavy atom. The van der Waals surface area contributed by atoms with E-state index in [2.05, 4.69) is 155 Å². The van der Waals surface area contributed by atoms with Crippen molar-refractivity contribution < 1.29 is 71.3 Å². The first-order valence-corrected chi connectivity index (χ1v) is 63.4. The smallest absolute Gasteiger partial charge is 0.155 e. The van der Waals surface area contributed by atoms with Crippen LogP contribution in [-0.2, 0) is 71.3 Å². The molecule has 8 aliphatic heterocycles. The van der Waals surface area contributed by atoms with Gasteiger partial charge >= 0.3 is 0 Å².